The third kappa shape index (κ3) is 4.37. The number of nitrogens with zero attached hydrogens (tertiary/aromatic N) is 4. The first kappa shape index (κ1) is 17.9. The summed E-state index contributed by atoms with van der Waals surface area (Å²) >= 11 is 0. The standard InChI is InChI=1S/C19H30N6/c1-13-10-21-18(23-13)12-20-14(2)17-11-22-19(24-15(17)3)25(4)16-8-6-5-7-9-16/h10-11,14,16,20H,5-9,12H2,1-4H3,(H,21,23). The van der Waals surface area contributed by atoms with Crippen LogP contribution < -0.4 is 10.2 Å². The summed E-state index contributed by atoms with van der Waals surface area (Å²) < 4.78 is 0. The Bertz CT molecular complexity index is 689. The third-order valence-corrected chi connectivity index (χ3v) is 5.24. The minimum Gasteiger partial charge on any atom is -0.345 e. The number of aromatic amines is 1. The van der Waals surface area contributed by atoms with Gasteiger partial charge in [0.2, 0.25) is 5.95 Å². The molecule has 1 aliphatic rings. The number of hydrogen-bond acceptors (Lipinski definition) is 5. The van der Waals surface area contributed by atoms with E-state index in [0.29, 0.717) is 12.6 Å². The summed E-state index contributed by atoms with van der Waals surface area (Å²) in [5.41, 5.74) is 3.27. The van der Waals surface area contributed by atoms with E-state index in [9.17, 15) is 0 Å². The second-order valence-electron chi connectivity index (χ2n) is 7.23. The number of nitrogens with one attached hydrogen (secondary N) is 2. The minimum absolute atomic E-state index is 0.180. The van der Waals surface area contributed by atoms with E-state index in [1.54, 1.807) is 0 Å². The first-order chi connectivity index (χ1) is 12.0. The number of anilines is 1. The molecule has 2 aromatic heterocycles. The van der Waals surface area contributed by atoms with E-state index in [1.165, 1.54) is 32.1 Å². The molecule has 0 spiro atoms. The van der Waals surface area contributed by atoms with Gasteiger partial charge in [-0.1, -0.05) is 19.3 Å². The molecular formula is C19H30N6. The molecule has 2 heterocycles. The van der Waals surface area contributed by atoms with Crippen LogP contribution in [0.5, 0.6) is 0 Å². The molecule has 1 unspecified atom stereocenters. The summed E-state index contributed by atoms with van der Waals surface area (Å²) in [5, 5.41) is 3.49. The summed E-state index contributed by atoms with van der Waals surface area (Å²) in [5.74, 6) is 1.80. The highest BCUT2D eigenvalue weighted by atomic mass is 15.3. The van der Waals surface area contributed by atoms with Crippen LogP contribution in [0.2, 0.25) is 0 Å². The molecule has 6 heteroatoms. The molecule has 25 heavy (non-hydrogen) atoms. The van der Waals surface area contributed by atoms with Crippen molar-refractivity contribution in [1.29, 1.82) is 0 Å². The highest BCUT2D eigenvalue weighted by molar-refractivity contribution is 5.34. The molecule has 1 saturated carbocycles. The minimum atomic E-state index is 0.180. The first-order valence-electron chi connectivity index (χ1n) is 9.35. The molecular weight excluding hydrogens is 312 g/mol. The van der Waals surface area contributed by atoms with Crippen LogP contribution in [0.15, 0.2) is 12.4 Å². The maximum Gasteiger partial charge on any atom is 0.225 e. The van der Waals surface area contributed by atoms with Gasteiger partial charge in [0.1, 0.15) is 5.82 Å². The van der Waals surface area contributed by atoms with Crippen molar-refractivity contribution in [2.75, 3.05) is 11.9 Å². The summed E-state index contributed by atoms with van der Waals surface area (Å²) in [6.07, 6.45) is 10.3. The van der Waals surface area contributed by atoms with Crippen LogP contribution in [-0.2, 0) is 6.54 Å². The van der Waals surface area contributed by atoms with Gasteiger partial charge in [0.25, 0.3) is 0 Å². The Morgan fingerprint density at radius 1 is 1.20 bits per heavy atom. The average Bonchev–Trinajstić information content (AvgIpc) is 3.05. The molecule has 1 aliphatic carbocycles. The fourth-order valence-corrected chi connectivity index (χ4v) is 3.61. The van der Waals surface area contributed by atoms with E-state index in [2.05, 4.69) is 46.1 Å². The summed E-state index contributed by atoms with van der Waals surface area (Å²) in [7, 11) is 2.13. The Morgan fingerprint density at radius 2 is 1.96 bits per heavy atom. The lowest BCUT2D eigenvalue weighted by Gasteiger charge is -2.31. The van der Waals surface area contributed by atoms with Gasteiger partial charge in [-0.2, -0.15) is 0 Å². The van der Waals surface area contributed by atoms with E-state index >= 15 is 0 Å². The molecule has 0 radical (unpaired) electrons. The largest absolute Gasteiger partial charge is 0.345 e. The van der Waals surface area contributed by atoms with Gasteiger partial charge in [0.15, 0.2) is 0 Å². The van der Waals surface area contributed by atoms with Crippen molar-refractivity contribution in [3.05, 3.63) is 35.2 Å². The van der Waals surface area contributed by atoms with Gasteiger partial charge in [0, 0.05) is 48.5 Å². The lowest BCUT2D eigenvalue weighted by Crippen LogP contribution is -2.34. The Balaban J connectivity index is 1.64. The molecule has 0 amide bonds. The highest BCUT2D eigenvalue weighted by Crippen LogP contribution is 2.25. The zero-order chi connectivity index (χ0) is 17.8. The van der Waals surface area contributed by atoms with Crippen LogP contribution in [0.3, 0.4) is 0 Å². The van der Waals surface area contributed by atoms with Gasteiger partial charge in [-0.25, -0.2) is 15.0 Å². The monoisotopic (exact) mass is 342 g/mol. The predicted molar refractivity (Wildman–Crippen MR) is 101 cm³/mol. The van der Waals surface area contributed by atoms with Gasteiger partial charge < -0.3 is 15.2 Å². The Labute approximate surface area is 150 Å². The summed E-state index contributed by atoms with van der Waals surface area (Å²) in [4.78, 5) is 19.3. The maximum absolute atomic E-state index is 4.78. The topological polar surface area (TPSA) is 69.7 Å². The molecule has 2 aromatic rings. The second kappa shape index (κ2) is 7.95. The van der Waals surface area contributed by atoms with Crippen LogP contribution in [0.25, 0.3) is 0 Å². The van der Waals surface area contributed by atoms with Crippen LogP contribution in [-0.4, -0.2) is 33.0 Å². The number of imidazole rings is 1. The van der Waals surface area contributed by atoms with Gasteiger partial charge in [-0.05, 0) is 33.6 Å². The van der Waals surface area contributed by atoms with Crippen LogP contribution in [0.4, 0.5) is 5.95 Å². The quantitative estimate of drug-likeness (QED) is 0.841. The van der Waals surface area contributed by atoms with Crippen molar-refractivity contribution in [2.24, 2.45) is 0 Å². The fourth-order valence-electron chi connectivity index (χ4n) is 3.61. The van der Waals surface area contributed by atoms with E-state index in [-0.39, 0.29) is 6.04 Å². The third-order valence-electron chi connectivity index (χ3n) is 5.24. The van der Waals surface area contributed by atoms with Crippen LogP contribution in [0.1, 0.15) is 67.8 Å². The molecule has 2 N–H and O–H groups in total. The van der Waals surface area contributed by atoms with Crippen molar-refractivity contribution >= 4 is 5.95 Å². The number of H-pyrrole nitrogens is 1. The zero-order valence-corrected chi connectivity index (χ0v) is 15.8. The zero-order valence-electron chi connectivity index (χ0n) is 15.8. The number of aromatic nitrogens is 4. The number of rotatable bonds is 6. The van der Waals surface area contributed by atoms with E-state index in [0.717, 1.165) is 28.7 Å². The predicted octanol–water partition coefficient (Wildman–Crippen LogP) is 3.44. The lowest BCUT2D eigenvalue weighted by atomic mass is 9.95. The van der Waals surface area contributed by atoms with Crippen molar-refractivity contribution in [1.82, 2.24) is 25.3 Å². The van der Waals surface area contributed by atoms with Crippen molar-refractivity contribution < 1.29 is 0 Å². The van der Waals surface area contributed by atoms with Gasteiger partial charge in [-0.15, -0.1) is 0 Å². The normalized spacial score (nSPS) is 16.8. The average molecular weight is 342 g/mol. The molecule has 1 atom stereocenters. The molecule has 6 nitrogen and oxygen atoms in total. The Kier molecular flexibility index (Phi) is 5.68. The van der Waals surface area contributed by atoms with Crippen molar-refractivity contribution in [3.63, 3.8) is 0 Å². The molecule has 0 aliphatic heterocycles. The van der Waals surface area contributed by atoms with Gasteiger partial charge in [-0.3, -0.25) is 0 Å². The lowest BCUT2D eigenvalue weighted by molar-refractivity contribution is 0.423. The van der Waals surface area contributed by atoms with E-state index in [4.69, 9.17) is 4.98 Å². The second-order valence-corrected chi connectivity index (χ2v) is 7.23. The smallest absolute Gasteiger partial charge is 0.225 e. The maximum atomic E-state index is 4.78. The number of aryl methyl sites for hydroxylation is 2. The van der Waals surface area contributed by atoms with Crippen molar-refractivity contribution in [2.45, 2.75) is 71.5 Å². The number of hydrogen-bond donors (Lipinski definition) is 2. The van der Waals surface area contributed by atoms with E-state index < -0.39 is 0 Å². The van der Waals surface area contributed by atoms with Gasteiger partial charge >= 0.3 is 0 Å². The SMILES string of the molecule is Cc1cnc(CNC(C)c2cnc(N(C)C3CCCCC3)nc2C)[nH]1. The highest BCUT2D eigenvalue weighted by Gasteiger charge is 2.21. The molecule has 136 valence electrons. The van der Waals surface area contributed by atoms with Crippen LogP contribution >= 0.6 is 0 Å². The molecule has 0 saturated heterocycles. The summed E-state index contributed by atoms with van der Waals surface area (Å²) in [6, 6.07) is 0.760. The molecule has 1 fully saturated rings. The summed E-state index contributed by atoms with van der Waals surface area (Å²) in [6.45, 7) is 6.94. The van der Waals surface area contributed by atoms with Crippen molar-refractivity contribution in [3.8, 4) is 0 Å². The van der Waals surface area contributed by atoms with Crippen LogP contribution in [0, 0.1) is 13.8 Å². The van der Waals surface area contributed by atoms with Gasteiger partial charge in [0.05, 0.1) is 6.54 Å². The Morgan fingerprint density at radius 3 is 2.60 bits per heavy atom. The van der Waals surface area contributed by atoms with E-state index in [1.807, 2.05) is 19.3 Å². The first-order valence-corrected chi connectivity index (χ1v) is 9.35. The molecule has 0 bridgehead atoms. The fraction of sp³-hybridized carbons (Fsp3) is 0.632. The Hall–Kier alpha value is -1.95. The molecule has 3 rings (SSSR count). The molecule has 0 aromatic carbocycles.